The van der Waals surface area contributed by atoms with Crippen molar-refractivity contribution in [3.05, 3.63) is 69.7 Å². The Morgan fingerprint density at radius 1 is 1.14 bits per heavy atom. The number of benzene rings is 2. The normalized spacial score (nSPS) is 11.3. The fraction of sp³-hybridized carbons (Fsp3) is 0.158. The second-order valence-corrected chi connectivity index (χ2v) is 7.32. The van der Waals surface area contributed by atoms with Crippen molar-refractivity contribution < 1.29 is 18.0 Å². The molecule has 3 aromatic rings. The van der Waals surface area contributed by atoms with Crippen LogP contribution in [-0.4, -0.2) is 10.9 Å². The fourth-order valence-corrected chi connectivity index (χ4v) is 3.35. The van der Waals surface area contributed by atoms with E-state index in [0.29, 0.717) is 16.5 Å². The molecule has 2 N–H and O–H groups in total. The molecule has 0 atom stereocenters. The highest BCUT2D eigenvalue weighted by Crippen LogP contribution is 2.36. The van der Waals surface area contributed by atoms with Crippen LogP contribution in [0.4, 0.5) is 29.7 Å². The van der Waals surface area contributed by atoms with Gasteiger partial charge in [-0.15, -0.1) is 11.3 Å². The number of aromatic nitrogens is 1. The highest BCUT2D eigenvalue weighted by atomic mass is 35.5. The van der Waals surface area contributed by atoms with Gasteiger partial charge in [-0.2, -0.15) is 13.2 Å². The van der Waals surface area contributed by atoms with E-state index in [1.165, 1.54) is 23.5 Å². The van der Waals surface area contributed by atoms with Crippen molar-refractivity contribution in [1.29, 1.82) is 0 Å². The van der Waals surface area contributed by atoms with Crippen molar-refractivity contribution in [2.45, 2.75) is 19.5 Å². The number of amides is 1. The smallest absolute Gasteiger partial charge is 0.332 e. The van der Waals surface area contributed by atoms with Gasteiger partial charge in [0.25, 0.3) is 0 Å². The molecule has 0 bridgehead atoms. The van der Waals surface area contributed by atoms with Crippen LogP contribution in [0.5, 0.6) is 0 Å². The Hall–Kier alpha value is -2.58. The van der Waals surface area contributed by atoms with E-state index >= 15 is 0 Å². The van der Waals surface area contributed by atoms with E-state index in [-0.39, 0.29) is 23.0 Å². The molecule has 0 radical (unpaired) electrons. The van der Waals surface area contributed by atoms with Crippen LogP contribution in [0.25, 0.3) is 0 Å². The number of thiazole rings is 1. The minimum Gasteiger partial charge on any atom is -0.332 e. The number of hydrogen-bond acceptors (Lipinski definition) is 4. The van der Waals surface area contributed by atoms with Crippen LogP contribution >= 0.6 is 22.9 Å². The summed E-state index contributed by atoms with van der Waals surface area (Å²) < 4.78 is 38.8. The maximum Gasteiger partial charge on any atom is 0.417 e. The summed E-state index contributed by atoms with van der Waals surface area (Å²) in [5, 5.41) is 7.27. The second kappa shape index (κ2) is 8.20. The molecule has 1 amide bonds. The number of halogens is 4. The maximum absolute atomic E-state index is 12.9. The molecule has 9 heteroatoms. The van der Waals surface area contributed by atoms with Crippen LogP contribution in [0.1, 0.15) is 16.8 Å². The van der Waals surface area contributed by atoms with Gasteiger partial charge in [0, 0.05) is 16.8 Å². The van der Waals surface area contributed by atoms with Crippen LogP contribution in [0, 0.1) is 6.92 Å². The lowest BCUT2D eigenvalue weighted by atomic mass is 10.2. The molecular formula is C19H15ClF3N3OS. The molecule has 3 rings (SSSR count). The zero-order chi connectivity index (χ0) is 20.3. The number of alkyl halides is 3. The standard InChI is InChI=1S/C19H15ClF3N3OS/c1-11-2-4-12(5-3-11)24-17(27)9-14-10-28-18(26-14)25-13-6-7-16(20)15(8-13)19(21,22)23/h2-8,10H,9H2,1H3,(H,24,27)(H,25,26). The molecule has 0 aliphatic carbocycles. The average molecular weight is 426 g/mol. The molecule has 0 saturated heterocycles. The van der Waals surface area contributed by atoms with Crippen LogP contribution in [0.3, 0.4) is 0 Å². The fourth-order valence-electron chi connectivity index (χ4n) is 2.40. The first kappa shape index (κ1) is 20.2. The molecule has 0 spiro atoms. The van der Waals surface area contributed by atoms with E-state index in [9.17, 15) is 18.0 Å². The summed E-state index contributed by atoms with van der Waals surface area (Å²) in [6.45, 7) is 1.95. The summed E-state index contributed by atoms with van der Waals surface area (Å²) in [6, 6.07) is 10.9. The summed E-state index contributed by atoms with van der Waals surface area (Å²) in [6.07, 6.45) is -4.49. The second-order valence-electron chi connectivity index (χ2n) is 6.05. The number of carbonyl (C=O) groups is 1. The molecule has 1 heterocycles. The lowest BCUT2D eigenvalue weighted by Crippen LogP contribution is -2.14. The SMILES string of the molecule is Cc1ccc(NC(=O)Cc2csc(Nc3ccc(Cl)c(C(F)(F)F)c3)n2)cc1. The Morgan fingerprint density at radius 3 is 2.50 bits per heavy atom. The van der Waals surface area contributed by atoms with E-state index < -0.39 is 11.7 Å². The first-order chi connectivity index (χ1) is 13.2. The highest BCUT2D eigenvalue weighted by molar-refractivity contribution is 7.13. The Bertz CT molecular complexity index is 987. The molecule has 0 saturated carbocycles. The Morgan fingerprint density at radius 2 is 1.82 bits per heavy atom. The number of anilines is 3. The van der Waals surface area contributed by atoms with Crippen LogP contribution < -0.4 is 10.6 Å². The molecule has 1 aromatic heterocycles. The van der Waals surface area contributed by atoms with E-state index in [0.717, 1.165) is 11.6 Å². The minimum absolute atomic E-state index is 0.0560. The van der Waals surface area contributed by atoms with Crippen LogP contribution in [0.2, 0.25) is 5.02 Å². The summed E-state index contributed by atoms with van der Waals surface area (Å²) in [5.41, 5.74) is 1.58. The van der Waals surface area contributed by atoms with Gasteiger partial charge in [-0.05, 0) is 37.3 Å². The van der Waals surface area contributed by atoms with Gasteiger partial charge in [-0.1, -0.05) is 29.3 Å². The predicted molar refractivity (Wildman–Crippen MR) is 105 cm³/mol. The van der Waals surface area contributed by atoms with Gasteiger partial charge < -0.3 is 10.6 Å². The number of nitrogens with zero attached hydrogens (tertiary/aromatic N) is 1. The van der Waals surface area contributed by atoms with Crippen molar-refractivity contribution >= 4 is 45.4 Å². The summed E-state index contributed by atoms with van der Waals surface area (Å²) >= 11 is 6.81. The van der Waals surface area contributed by atoms with Gasteiger partial charge in [0.05, 0.1) is 22.7 Å². The van der Waals surface area contributed by atoms with Crippen LogP contribution in [-0.2, 0) is 17.4 Å². The molecule has 28 heavy (non-hydrogen) atoms. The van der Waals surface area contributed by atoms with E-state index in [1.807, 2.05) is 19.1 Å². The van der Waals surface area contributed by atoms with Gasteiger partial charge >= 0.3 is 6.18 Å². The monoisotopic (exact) mass is 425 g/mol. The Kier molecular flexibility index (Phi) is 5.90. The summed E-state index contributed by atoms with van der Waals surface area (Å²) in [7, 11) is 0. The van der Waals surface area contributed by atoms with Crippen molar-refractivity contribution in [3.8, 4) is 0 Å². The third kappa shape index (κ3) is 5.24. The molecule has 0 aliphatic rings. The number of nitrogens with one attached hydrogen (secondary N) is 2. The largest absolute Gasteiger partial charge is 0.417 e. The molecule has 0 fully saturated rings. The van der Waals surface area contributed by atoms with Gasteiger partial charge in [0.2, 0.25) is 5.91 Å². The van der Waals surface area contributed by atoms with Gasteiger partial charge in [-0.3, -0.25) is 4.79 Å². The number of rotatable bonds is 5. The highest BCUT2D eigenvalue weighted by Gasteiger charge is 2.33. The number of aryl methyl sites for hydroxylation is 1. The zero-order valence-electron chi connectivity index (χ0n) is 14.6. The molecular weight excluding hydrogens is 411 g/mol. The summed E-state index contributed by atoms with van der Waals surface area (Å²) in [4.78, 5) is 16.4. The van der Waals surface area contributed by atoms with Gasteiger partial charge in [-0.25, -0.2) is 4.98 Å². The van der Waals surface area contributed by atoms with Gasteiger partial charge in [0.15, 0.2) is 5.13 Å². The van der Waals surface area contributed by atoms with Gasteiger partial charge in [0.1, 0.15) is 0 Å². The molecule has 2 aromatic carbocycles. The average Bonchev–Trinajstić information content (AvgIpc) is 3.04. The van der Waals surface area contributed by atoms with Crippen molar-refractivity contribution in [3.63, 3.8) is 0 Å². The van der Waals surface area contributed by atoms with Crippen LogP contribution in [0.15, 0.2) is 47.8 Å². The number of carbonyl (C=O) groups excluding carboxylic acids is 1. The molecule has 4 nitrogen and oxygen atoms in total. The minimum atomic E-state index is -4.54. The van der Waals surface area contributed by atoms with E-state index in [4.69, 9.17) is 11.6 Å². The summed E-state index contributed by atoms with van der Waals surface area (Å²) in [5.74, 6) is -0.230. The zero-order valence-corrected chi connectivity index (χ0v) is 16.2. The van der Waals surface area contributed by atoms with Crippen molar-refractivity contribution in [2.24, 2.45) is 0 Å². The first-order valence-corrected chi connectivity index (χ1v) is 9.41. The Balaban J connectivity index is 1.64. The molecule has 0 aliphatic heterocycles. The van der Waals surface area contributed by atoms with Crippen molar-refractivity contribution in [2.75, 3.05) is 10.6 Å². The third-order valence-electron chi connectivity index (χ3n) is 3.75. The molecule has 0 unspecified atom stereocenters. The third-order valence-corrected chi connectivity index (χ3v) is 4.89. The quantitative estimate of drug-likeness (QED) is 0.523. The Labute approximate surface area is 168 Å². The predicted octanol–water partition coefficient (Wildman–Crippen LogP) is 6.05. The van der Waals surface area contributed by atoms with E-state index in [1.54, 1.807) is 17.5 Å². The first-order valence-electron chi connectivity index (χ1n) is 8.15. The van der Waals surface area contributed by atoms with Crippen molar-refractivity contribution in [1.82, 2.24) is 4.98 Å². The maximum atomic E-state index is 12.9. The lowest BCUT2D eigenvalue weighted by molar-refractivity contribution is -0.137. The molecule has 146 valence electrons. The van der Waals surface area contributed by atoms with E-state index in [2.05, 4.69) is 15.6 Å². The lowest BCUT2D eigenvalue weighted by Gasteiger charge is -2.11. The topological polar surface area (TPSA) is 54.0 Å². The number of hydrogen-bond donors (Lipinski definition) is 2.